The third-order valence-corrected chi connectivity index (χ3v) is 7.50. The fourth-order valence-electron chi connectivity index (χ4n) is 2.98. The number of nitrogens with one attached hydrogen (secondary N) is 1. The van der Waals surface area contributed by atoms with Gasteiger partial charge in [-0.25, -0.2) is 8.42 Å². The number of hydrogen-bond acceptors (Lipinski definition) is 4. The highest BCUT2D eigenvalue weighted by atomic mass is 79.9. The number of nitrogens with zero attached hydrogens (tertiary/aromatic N) is 1. The van der Waals surface area contributed by atoms with Gasteiger partial charge >= 0.3 is 0 Å². The predicted octanol–water partition coefficient (Wildman–Crippen LogP) is 5.64. The van der Waals surface area contributed by atoms with Crippen LogP contribution in [0, 0.1) is 6.92 Å². The Bertz CT molecular complexity index is 1200. The molecule has 3 aromatic carbocycles. The van der Waals surface area contributed by atoms with E-state index in [9.17, 15) is 13.2 Å². The zero-order valence-electron chi connectivity index (χ0n) is 17.5. The highest BCUT2D eigenvalue weighted by molar-refractivity contribution is 9.10. The number of ether oxygens (including phenoxy) is 1. The van der Waals surface area contributed by atoms with Crippen LogP contribution in [0.3, 0.4) is 0 Å². The van der Waals surface area contributed by atoms with Crippen molar-refractivity contribution < 1.29 is 17.9 Å². The van der Waals surface area contributed by atoms with E-state index < -0.39 is 22.5 Å². The number of rotatable bonds is 8. The summed E-state index contributed by atoms with van der Waals surface area (Å²) < 4.78 is 34.2. The Labute approximate surface area is 201 Å². The number of amides is 1. The van der Waals surface area contributed by atoms with Gasteiger partial charge in [0.05, 0.1) is 17.2 Å². The Hall–Kier alpha value is -2.55. The minimum atomic E-state index is -4.03. The van der Waals surface area contributed by atoms with Crippen LogP contribution in [0.25, 0.3) is 0 Å². The quantitative estimate of drug-likeness (QED) is 0.403. The van der Waals surface area contributed by atoms with Crippen LogP contribution >= 0.6 is 27.5 Å². The number of anilines is 2. The van der Waals surface area contributed by atoms with Gasteiger partial charge in [-0.05, 0) is 86.1 Å². The topological polar surface area (TPSA) is 75.7 Å². The van der Waals surface area contributed by atoms with Crippen LogP contribution in [0.15, 0.2) is 76.1 Å². The van der Waals surface area contributed by atoms with Crippen molar-refractivity contribution in [2.75, 3.05) is 22.8 Å². The lowest BCUT2D eigenvalue weighted by molar-refractivity contribution is -0.114. The van der Waals surface area contributed by atoms with Gasteiger partial charge in [-0.1, -0.05) is 27.5 Å². The molecule has 0 unspecified atom stereocenters. The molecule has 1 amide bonds. The van der Waals surface area contributed by atoms with Crippen molar-refractivity contribution in [1.29, 1.82) is 0 Å². The fraction of sp³-hybridized carbons (Fsp3) is 0.174. The van der Waals surface area contributed by atoms with Crippen LogP contribution < -0.4 is 14.4 Å². The first-order valence-corrected chi connectivity index (χ1v) is 12.4. The van der Waals surface area contributed by atoms with Gasteiger partial charge in [-0.3, -0.25) is 9.10 Å². The van der Waals surface area contributed by atoms with E-state index in [1.54, 1.807) is 36.4 Å². The van der Waals surface area contributed by atoms with E-state index in [0.29, 0.717) is 28.8 Å². The summed E-state index contributed by atoms with van der Waals surface area (Å²) in [5, 5.41) is 3.18. The van der Waals surface area contributed by atoms with E-state index in [1.165, 1.54) is 24.3 Å². The molecule has 0 aliphatic heterocycles. The van der Waals surface area contributed by atoms with Crippen molar-refractivity contribution >= 4 is 54.8 Å². The number of hydrogen-bond donors (Lipinski definition) is 1. The molecule has 1 N–H and O–H groups in total. The van der Waals surface area contributed by atoms with Gasteiger partial charge in [0.2, 0.25) is 5.91 Å². The van der Waals surface area contributed by atoms with E-state index >= 15 is 0 Å². The Morgan fingerprint density at radius 2 is 1.72 bits per heavy atom. The van der Waals surface area contributed by atoms with E-state index in [1.807, 2.05) is 19.9 Å². The number of benzene rings is 3. The molecule has 9 heteroatoms. The third kappa shape index (κ3) is 5.82. The largest absolute Gasteiger partial charge is 0.494 e. The molecule has 0 heterocycles. The van der Waals surface area contributed by atoms with Gasteiger partial charge in [0.1, 0.15) is 12.3 Å². The molecular formula is C23H22BrClN2O4S. The molecule has 3 rings (SSSR count). The Balaban J connectivity index is 1.93. The summed E-state index contributed by atoms with van der Waals surface area (Å²) in [6.07, 6.45) is 0. The van der Waals surface area contributed by atoms with Crippen molar-refractivity contribution in [2.24, 2.45) is 0 Å². The van der Waals surface area contributed by atoms with E-state index in [2.05, 4.69) is 21.2 Å². The molecule has 0 aliphatic rings. The van der Waals surface area contributed by atoms with Crippen molar-refractivity contribution in [3.63, 3.8) is 0 Å². The van der Waals surface area contributed by atoms with Gasteiger partial charge in [-0.2, -0.15) is 0 Å². The van der Waals surface area contributed by atoms with Crippen LogP contribution in [0.2, 0.25) is 5.02 Å². The first-order chi connectivity index (χ1) is 15.2. The number of halogens is 2. The normalized spacial score (nSPS) is 11.1. The zero-order chi connectivity index (χ0) is 23.3. The lowest BCUT2D eigenvalue weighted by Gasteiger charge is -2.24. The highest BCUT2D eigenvalue weighted by Crippen LogP contribution is 2.27. The Kier molecular flexibility index (Phi) is 7.82. The maximum atomic E-state index is 13.4. The fourth-order valence-corrected chi connectivity index (χ4v) is 4.77. The first-order valence-electron chi connectivity index (χ1n) is 9.78. The average Bonchev–Trinajstić information content (AvgIpc) is 2.76. The van der Waals surface area contributed by atoms with Gasteiger partial charge in [-0.15, -0.1) is 0 Å². The zero-order valence-corrected chi connectivity index (χ0v) is 20.7. The molecule has 0 saturated heterocycles. The molecule has 0 bridgehead atoms. The number of carbonyl (C=O) groups excluding carboxylic acids is 1. The molecule has 32 heavy (non-hydrogen) atoms. The smallest absolute Gasteiger partial charge is 0.264 e. The minimum Gasteiger partial charge on any atom is -0.494 e. The van der Waals surface area contributed by atoms with Crippen molar-refractivity contribution in [2.45, 2.75) is 18.7 Å². The summed E-state index contributed by atoms with van der Waals surface area (Å²) in [5.41, 5.74) is 1.86. The molecule has 0 radical (unpaired) electrons. The molecule has 0 aromatic heterocycles. The van der Waals surface area contributed by atoms with Crippen LogP contribution in [0.1, 0.15) is 12.5 Å². The average molecular weight is 538 g/mol. The summed E-state index contributed by atoms with van der Waals surface area (Å²) in [4.78, 5) is 12.8. The molecule has 6 nitrogen and oxygen atoms in total. The molecule has 0 aliphatic carbocycles. The highest BCUT2D eigenvalue weighted by Gasteiger charge is 2.27. The van der Waals surface area contributed by atoms with Crippen LogP contribution in [0.4, 0.5) is 11.4 Å². The molecule has 0 atom stereocenters. The van der Waals surface area contributed by atoms with Gasteiger partial charge in [0.15, 0.2) is 0 Å². The second-order valence-corrected chi connectivity index (χ2v) is 10.1. The molecular weight excluding hydrogens is 516 g/mol. The molecule has 3 aromatic rings. The van der Waals surface area contributed by atoms with Crippen molar-refractivity contribution in [3.8, 4) is 5.75 Å². The van der Waals surface area contributed by atoms with Crippen LogP contribution in [0.5, 0.6) is 5.75 Å². The summed E-state index contributed by atoms with van der Waals surface area (Å²) >= 11 is 9.33. The van der Waals surface area contributed by atoms with Gasteiger partial charge in [0, 0.05) is 15.2 Å². The lowest BCUT2D eigenvalue weighted by atomic mass is 10.2. The van der Waals surface area contributed by atoms with Crippen molar-refractivity contribution in [1.82, 2.24) is 0 Å². The number of sulfonamides is 1. The summed E-state index contributed by atoms with van der Waals surface area (Å²) in [5.74, 6) is 0.132. The maximum Gasteiger partial charge on any atom is 0.264 e. The molecule has 0 saturated carbocycles. The van der Waals surface area contributed by atoms with Gasteiger partial charge in [0.25, 0.3) is 10.0 Å². The first kappa shape index (κ1) is 24.1. The predicted molar refractivity (Wildman–Crippen MR) is 131 cm³/mol. The summed E-state index contributed by atoms with van der Waals surface area (Å²) in [6.45, 7) is 3.84. The minimum absolute atomic E-state index is 0.0306. The Morgan fingerprint density at radius 1 is 1.06 bits per heavy atom. The summed E-state index contributed by atoms with van der Waals surface area (Å²) in [6, 6.07) is 17.7. The van der Waals surface area contributed by atoms with E-state index in [4.69, 9.17) is 16.3 Å². The number of carbonyl (C=O) groups is 1. The molecule has 0 fully saturated rings. The number of aryl methyl sites for hydroxylation is 1. The second-order valence-electron chi connectivity index (χ2n) is 6.90. The lowest BCUT2D eigenvalue weighted by Crippen LogP contribution is -2.38. The SMILES string of the molecule is CCOc1ccc(N(CC(=O)Nc2ccc(Br)c(C)c2)S(=O)(=O)c2ccc(Cl)cc2)cc1. The van der Waals surface area contributed by atoms with E-state index in [0.717, 1.165) is 14.3 Å². The van der Waals surface area contributed by atoms with Crippen molar-refractivity contribution in [3.05, 3.63) is 81.8 Å². The maximum absolute atomic E-state index is 13.4. The second kappa shape index (κ2) is 10.4. The van der Waals surface area contributed by atoms with Crippen LogP contribution in [-0.4, -0.2) is 27.5 Å². The molecule has 168 valence electrons. The monoisotopic (exact) mass is 536 g/mol. The molecule has 0 spiro atoms. The standard InChI is InChI=1S/C23H22BrClN2O4S/c1-3-31-20-9-7-19(8-10-20)27(32(29,30)21-11-4-17(25)5-12-21)15-23(28)26-18-6-13-22(24)16(2)14-18/h4-14H,3,15H2,1-2H3,(H,26,28). The van der Waals surface area contributed by atoms with Gasteiger partial charge < -0.3 is 10.1 Å². The summed E-state index contributed by atoms with van der Waals surface area (Å²) in [7, 11) is -4.03. The van der Waals surface area contributed by atoms with Crippen LogP contribution in [-0.2, 0) is 14.8 Å². The Morgan fingerprint density at radius 3 is 2.31 bits per heavy atom. The van der Waals surface area contributed by atoms with E-state index in [-0.39, 0.29) is 4.90 Å². The third-order valence-electron chi connectivity index (χ3n) is 4.57.